The Morgan fingerprint density at radius 2 is 0.848 bits per heavy atom. The summed E-state index contributed by atoms with van der Waals surface area (Å²) in [6.45, 7) is 3.70. The molecule has 1 saturated heterocycles. The van der Waals surface area contributed by atoms with E-state index in [0.29, 0.717) is 12.8 Å². The molecule has 1 rings (SSSR count). The number of rotatable bonds is 49. The third-order valence-electron chi connectivity index (χ3n) is 14.0. The van der Waals surface area contributed by atoms with Crippen molar-refractivity contribution in [3.8, 4) is 0 Å². The van der Waals surface area contributed by atoms with Gasteiger partial charge >= 0.3 is 0 Å². The first-order valence-corrected chi connectivity index (χ1v) is 28.5. The average molecular weight is 940 g/mol. The van der Waals surface area contributed by atoms with Crippen LogP contribution in [-0.4, -0.2) is 98.7 Å². The lowest BCUT2D eigenvalue weighted by Gasteiger charge is -2.40. The van der Waals surface area contributed by atoms with Crippen molar-refractivity contribution in [3.63, 3.8) is 0 Å². The molecule has 0 radical (unpaired) electrons. The largest absolute Gasteiger partial charge is 0.394 e. The first-order chi connectivity index (χ1) is 32.3. The predicted molar refractivity (Wildman–Crippen MR) is 273 cm³/mol. The summed E-state index contributed by atoms with van der Waals surface area (Å²) in [5.41, 5.74) is 0. The predicted octanol–water partition coefficient (Wildman–Crippen LogP) is 12.6. The molecule has 1 fully saturated rings. The van der Waals surface area contributed by atoms with Gasteiger partial charge in [0.2, 0.25) is 5.91 Å². The van der Waals surface area contributed by atoms with Crippen molar-refractivity contribution in [1.82, 2.24) is 5.32 Å². The van der Waals surface area contributed by atoms with Gasteiger partial charge in [0, 0.05) is 0 Å². The molecule has 0 aliphatic carbocycles. The maximum absolute atomic E-state index is 13.1. The number of carbonyl (C=O) groups excluding carboxylic acids is 1. The van der Waals surface area contributed by atoms with E-state index >= 15 is 0 Å². The fraction of sp³-hybridized carbons (Fsp3) is 0.946. The van der Waals surface area contributed by atoms with E-state index in [1.165, 1.54) is 199 Å². The minimum absolute atomic E-state index is 0.252. The number of amides is 1. The Kier molecular flexibility index (Phi) is 44.1. The summed E-state index contributed by atoms with van der Waals surface area (Å²) in [6.07, 6.45) is 45.6. The van der Waals surface area contributed by atoms with Gasteiger partial charge in [0.05, 0.1) is 25.4 Å². The molecular weight excluding hydrogens is 831 g/mol. The SMILES string of the molecule is CCCCCCCCCCCCCC/C=C\CCCCCCCCCCCCCC(O)C(=O)NC(COC1OC(CO)C(O)C(O)C1O)C(O)CCCCCCCCCCCCCCCC. The number of allylic oxidation sites excluding steroid dienone is 2. The lowest BCUT2D eigenvalue weighted by atomic mass is 9.99. The molecule has 66 heavy (non-hydrogen) atoms. The van der Waals surface area contributed by atoms with Gasteiger partial charge in [0.15, 0.2) is 6.29 Å². The van der Waals surface area contributed by atoms with Crippen molar-refractivity contribution >= 4 is 5.91 Å². The van der Waals surface area contributed by atoms with E-state index in [2.05, 4.69) is 31.3 Å². The van der Waals surface area contributed by atoms with Crippen LogP contribution in [0.1, 0.15) is 277 Å². The minimum atomic E-state index is -1.59. The molecule has 8 atom stereocenters. The fourth-order valence-corrected chi connectivity index (χ4v) is 9.34. The van der Waals surface area contributed by atoms with Gasteiger partial charge < -0.3 is 45.4 Å². The van der Waals surface area contributed by atoms with E-state index in [0.717, 1.165) is 51.4 Å². The summed E-state index contributed by atoms with van der Waals surface area (Å²) in [5.74, 6) is -0.580. The van der Waals surface area contributed by atoms with E-state index in [-0.39, 0.29) is 6.61 Å². The second kappa shape index (κ2) is 46.3. The van der Waals surface area contributed by atoms with Gasteiger partial charge in [-0.05, 0) is 38.5 Å². The van der Waals surface area contributed by atoms with E-state index in [4.69, 9.17) is 9.47 Å². The maximum atomic E-state index is 13.1. The molecule has 7 N–H and O–H groups in total. The highest BCUT2D eigenvalue weighted by Gasteiger charge is 2.44. The number of aliphatic hydroxyl groups is 6. The summed E-state index contributed by atoms with van der Waals surface area (Å²) in [6, 6.07) is -0.892. The molecule has 0 spiro atoms. The lowest BCUT2D eigenvalue weighted by Crippen LogP contribution is -2.60. The van der Waals surface area contributed by atoms with Crippen LogP contribution in [0.15, 0.2) is 12.2 Å². The Balaban J connectivity index is 2.21. The van der Waals surface area contributed by atoms with Crippen molar-refractivity contribution in [2.45, 2.75) is 326 Å². The molecule has 1 amide bonds. The molecule has 8 unspecified atom stereocenters. The molecule has 10 nitrogen and oxygen atoms in total. The number of ether oxygens (including phenoxy) is 2. The third-order valence-corrected chi connectivity index (χ3v) is 14.0. The van der Waals surface area contributed by atoms with Crippen molar-refractivity contribution in [2.24, 2.45) is 0 Å². The lowest BCUT2D eigenvalue weighted by molar-refractivity contribution is -0.302. The van der Waals surface area contributed by atoms with Crippen LogP contribution in [0.5, 0.6) is 0 Å². The molecule has 392 valence electrons. The summed E-state index contributed by atoms with van der Waals surface area (Å²) in [4.78, 5) is 13.1. The molecule has 1 aliphatic rings. The van der Waals surface area contributed by atoms with Crippen LogP contribution in [0, 0.1) is 0 Å². The van der Waals surface area contributed by atoms with Crippen molar-refractivity contribution in [2.75, 3.05) is 13.2 Å². The summed E-state index contributed by atoms with van der Waals surface area (Å²) in [7, 11) is 0. The Labute approximate surface area is 406 Å². The number of hydrogen-bond donors (Lipinski definition) is 7. The summed E-state index contributed by atoms with van der Waals surface area (Å²) >= 11 is 0. The van der Waals surface area contributed by atoms with E-state index in [1.54, 1.807) is 0 Å². The molecule has 10 heteroatoms. The maximum Gasteiger partial charge on any atom is 0.249 e. The van der Waals surface area contributed by atoms with Crippen molar-refractivity contribution < 1.29 is 44.9 Å². The third kappa shape index (κ3) is 35.1. The van der Waals surface area contributed by atoms with Crippen LogP contribution in [0.2, 0.25) is 0 Å². The van der Waals surface area contributed by atoms with Gasteiger partial charge in [-0.1, -0.05) is 251 Å². The van der Waals surface area contributed by atoms with E-state index in [9.17, 15) is 35.4 Å². The van der Waals surface area contributed by atoms with Crippen LogP contribution >= 0.6 is 0 Å². The number of unbranched alkanes of at least 4 members (excludes halogenated alkanes) is 36. The van der Waals surface area contributed by atoms with E-state index in [1.807, 2.05) is 0 Å². The monoisotopic (exact) mass is 940 g/mol. The molecule has 0 saturated carbocycles. The second-order valence-corrected chi connectivity index (χ2v) is 20.2. The first kappa shape index (κ1) is 62.9. The highest BCUT2D eigenvalue weighted by atomic mass is 16.7. The van der Waals surface area contributed by atoms with E-state index < -0.39 is 61.5 Å². The van der Waals surface area contributed by atoms with Crippen LogP contribution in [-0.2, 0) is 14.3 Å². The second-order valence-electron chi connectivity index (χ2n) is 20.2. The van der Waals surface area contributed by atoms with Gasteiger partial charge in [0.1, 0.15) is 30.5 Å². The number of hydrogen-bond acceptors (Lipinski definition) is 9. The normalized spacial score (nSPS) is 20.3. The smallest absolute Gasteiger partial charge is 0.249 e. The Morgan fingerprint density at radius 3 is 1.23 bits per heavy atom. The molecule has 0 bridgehead atoms. The minimum Gasteiger partial charge on any atom is -0.394 e. The molecule has 1 heterocycles. The van der Waals surface area contributed by atoms with Gasteiger partial charge in [-0.25, -0.2) is 0 Å². The topological polar surface area (TPSA) is 169 Å². The van der Waals surface area contributed by atoms with Crippen molar-refractivity contribution in [1.29, 1.82) is 0 Å². The standard InChI is InChI=1S/C56H109NO9/c1-3-5-7-9-11-13-15-17-19-20-21-22-23-24-25-26-27-28-29-30-31-33-35-37-39-41-43-45-50(60)55(64)57-48(47-65-56-54(63)53(62)52(61)51(46-58)66-56)49(59)44-42-40-38-36-34-32-18-16-14-12-10-8-6-4-2/h24-25,48-54,56,58-63H,3-23,26-47H2,1-2H3,(H,57,64)/b25-24-. The molecular formula is C56H109NO9. The van der Waals surface area contributed by atoms with Crippen LogP contribution < -0.4 is 5.32 Å². The van der Waals surface area contributed by atoms with Crippen LogP contribution in [0.25, 0.3) is 0 Å². The average Bonchev–Trinajstić information content (AvgIpc) is 3.32. The highest BCUT2D eigenvalue weighted by molar-refractivity contribution is 5.80. The van der Waals surface area contributed by atoms with Gasteiger partial charge in [-0.3, -0.25) is 4.79 Å². The molecule has 1 aliphatic heterocycles. The summed E-state index contributed by atoms with van der Waals surface area (Å²) in [5, 5.41) is 65.1. The number of nitrogens with one attached hydrogen (secondary N) is 1. The number of aliphatic hydroxyl groups excluding tert-OH is 6. The molecule has 0 aromatic carbocycles. The molecule has 0 aromatic heterocycles. The highest BCUT2D eigenvalue weighted by Crippen LogP contribution is 2.23. The van der Waals surface area contributed by atoms with Gasteiger partial charge in [-0.15, -0.1) is 0 Å². The Bertz CT molecular complexity index is 1060. The van der Waals surface area contributed by atoms with Gasteiger partial charge in [0.25, 0.3) is 0 Å². The van der Waals surface area contributed by atoms with Crippen molar-refractivity contribution in [3.05, 3.63) is 12.2 Å². The summed E-state index contributed by atoms with van der Waals surface area (Å²) < 4.78 is 11.2. The fourth-order valence-electron chi connectivity index (χ4n) is 9.34. The zero-order valence-electron chi connectivity index (χ0n) is 43.1. The quantitative estimate of drug-likeness (QED) is 0.0232. The zero-order valence-corrected chi connectivity index (χ0v) is 43.1. The Hall–Kier alpha value is -1.11. The number of carbonyl (C=O) groups is 1. The van der Waals surface area contributed by atoms with Crippen LogP contribution in [0.4, 0.5) is 0 Å². The molecule has 0 aromatic rings. The van der Waals surface area contributed by atoms with Gasteiger partial charge in [-0.2, -0.15) is 0 Å². The zero-order chi connectivity index (χ0) is 48.1. The Morgan fingerprint density at radius 1 is 0.500 bits per heavy atom. The first-order valence-electron chi connectivity index (χ1n) is 28.5. The van der Waals surface area contributed by atoms with Crippen LogP contribution in [0.3, 0.4) is 0 Å².